The molecule has 18 heteroatoms. The molecule has 0 saturated carbocycles. The van der Waals surface area contributed by atoms with Crippen molar-refractivity contribution in [2.75, 3.05) is 23.8 Å². The molecule has 1 unspecified atom stereocenters. The van der Waals surface area contributed by atoms with Crippen LogP contribution in [0.2, 0.25) is 0 Å². The van der Waals surface area contributed by atoms with Crippen molar-refractivity contribution in [1.82, 2.24) is 30.4 Å². The molecule has 2 aliphatic heterocycles. The zero-order valence-corrected chi connectivity index (χ0v) is 25.0. The number of carbonyl (C=O) groups is 3. The molecule has 1 aromatic carbocycles. The summed E-state index contributed by atoms with van der Waals surface area (Å²) in [6, 6.07) is 6.07. The molecule has 38 heavy (non-hydrogen) atoms. The number of carbonyl (C=O) groups excluding carboxylic acids is 2. The molecule has 2 aromatic rings. The number of nitrogens with zero attached hydrogens (tertiary/aromatic N) is 5. The number of thioether (sulfide) groups is 2. The number of anilines is 1. The first-order valence-electron chi connectivity index (χ1n) is 11.0. The predicted molar refractivity (Wildman–Crippen MR) is 135 cm³/mol. The zero-order chi connectivity index (χ0) is 26.7. The minimum Gasteiger partial charge on any atom is -1.00 e. The van der Waals surface area contributed by atoms with Crippen LogP contribution in [0.3, 0.4) is 0 Å². The summed E-state index contributed by atoms with van der Waals surface area (Å²) in [6.07, 6.45) is -0.464. The number of fused-ring (bicyclic) bond motifs is 1. The number of nitrogen functional groups attached to an aromatic ring is 1. The number of aromatic nitrogens is 4. The van der Waals surface area contributed by atoms with E-state index in [1.54, 1.807) is 31.2 Å². The van der Waals surface area contributed by atoms with Crippen LogP contribution in [-0.2, 0) is 36.2 Å². The van der Waals surface area contributed by atoms with Crippen molar-refractivity contribution in [3.05, 3.63) is 41.1 Å². The van der Waals surface area contributed by atoms with Crippen molar-refractivity contribution >= 4 is 54.6 Å². The molecular weight excluding hydrogens is 568 g/mol. The topological polar surface area (TPSA) is 203 Å². The summed E-state index contributed by atoms with van der Waals surface area (Å²) in [4.78, 5) is 48.5. The number of carboxylic acid groups (broad SMARTS) is 1. The SMILES string of the molecule is CCOP(=O)(O)Cn1nnnc1SCC1=C(C(=O)O)N2C(=O)[C@@H](NC(=O)Cc3ccccc3N)[C@H]2SC1.[H-].[Na+]. The number of carboxylic acids is 1. The van der Waals surface area contributed by atoms with Crippen LogP contribution in [0.4, 0.5) is 5.69 Å². The number of hydrogen-bond acceptors (Lipinski definition) is 11. The number of nitrogens with one attached hydrogen (secondary N) is 1. The van der Waals surface area contributed by atoms with Crippen LogP contribution >= 0.6 is 31.1 Å². The fourth-order valence-electron chi connectivity index (χ4n) is 3.84. The fourth-order valence-corrected chi connectivity index (χ4v) is 7.31. The van der Waals surface area contributed by atoms with Crippen LogP contribution in [0.25, 0.3) is 0 Å². The molecule has 3 atom stereocenters. The van der Waals surface area contributed by atoms with E-state index in [-0.39, 0.29) is 60.6 Å². The van der Waals surface area contributed by atoms with E-state index in [1.807, 2.05) is 0 Å². The predicted octanol–water partition coefficient (Wildman–Crippen LogP) is -2.38. The third kappa shape index (κ3) is 6.80. The molecule has 0 aliphatic carbocycles. The second-order valence-corrected chi connectivity index (χ2v) is 11.9. The zero-order valence-electron chi connectivity index (χ0n) is 21.5. The van der Waals surface area contributed by atoms with E-state index in [9.17, 15) is 28.9 Å². The third-order valence-electron chi connectivity index (χ3n) is 5.49. The van der Waals surface area contributed by atoms with Gasteiger partial charge < -0.3 is 27.0 Å². The van der Waals surface area contributed by atoms with Gasteiger partial charge in [0.25, 0.3) is 5.91 Å². The molecule has 0 radical (unpaired) electrons. The van der Waals surface area contributed by atoms with Crippen LogP contribution in [0.15, 0.2) is 40.7 Å². The normalized spacial score (nSPS) is 20.2. The van der Waals surface area contributed by atoms with Crippen LogP contribution in [0, 0.1) is 0 Å². The number of β-lactam (4-membered cyclic amide) rings is 1. The Bertz CT molecular complexity index is 1320. The van der Waals surface area contributed by atoms with Crippen molar-refractivity contribution in [3.8, 4) is 0 Å². The molecule has 0 bridgehead atoms. The minimum absolute atomic E-state index is 0. The molecular formula is C20H25N7NaO7PS2. The van der Waals surface area contributed by atoms with Gasteiger partial charge in [0.1, 0.15) is 23.4 Å². The smallest absolute Gasteiger partial charge is 1.00 e. The van der Waals surface area contributed by atoms with Crippen LogP contribution in [0.1, 0.15) is 13.9 Å². The maximum Gasteiger partial charge on any atom is 1.00 e. The number of tetrazole rings is 1. The standard InChI is InChI=1S/C20H24N7O7PS2.Na.H/c1-2-34-35(32,33)10-26-20(23-24-25-26)37-9-12-8-36-18-15(17(29)27(18)16(12)19(30)31)22-14(28)7-11-5-3-4-6-13(11)21;;/h3-6,15,18H,2,7-10,21H2,1H3,(H,22,28)(H,30,31)(H,32,33);;/q;+1;-1/t15-,18-;;/m1../s1. The Morgan fingerprint density at radius 1 is 1.39 bits per heavy atom. The van der Waals surface area contributed by atoms with E-state index >= 15 is 0 Å². The Labute approximate surface area is 249 Å². The van der Waals surface area contributed by atoms with Crippen LogP contribution in [0.5, 0.6) is 0 Å². The van der Waals surface area contributed by atoms with Crippen molar-refractivity contribution in [3.63, 3.8) is 0 Å². The maximum absolute atomic E-state index is 12.9. The Balaban J connectivity index is 0.00000267. The van der Waals surface area contributed by atoms with E-state index in [0.717, 1.165) is 16.4 Å². The minimum atomic E-state index is -3.95. The number of rotatable bonds is 11. The second kappa shape index (κ2) is 13.0. The van der Waals surface area contributed by atoms with Gasteiger partial charge in [-0.1, -0.05) is 30.0 Å². The average Bonchev–Trinajstić information content (AvgIpc) is 3.27. The number of aliphatic carboxylic acids is 1. The molecule has 1 aromatic heterocycles. The van der Waals surface area contributed by atoms with Crippen LogP contribution < -0.4 is 40.6 Å². The number of nitrogens with two attached hydrogens (primary N) is 1. The largest absolute Gasteiger partial charge is 1.00 e. The van der Waals surface area contributed by atoms with Crippen molar-refractivity contribution in [1.29, 1.82) is 0 Å². The fraction of sp³-hybridized carbons (Fsp3) is 0.400. The summed E-state index contributed by atoms with van der Waals surface area (Å²) in [5.41, 5.74) is 7.29. The average molecular weight is 594 g/mol. The molecule has 5 N–H and O–H groups in total. The monoisotopic (exact) mass is 593 g/mol. The number of benzene rings is 1. The summed E-state index contributed by atoms with van der Waals surface area (Å²) in [5, 5.41) is 23.2. The van der Waals surface area contributed by atoms with Crippen molar-refractivity contribution in [2.45, 2.75) is 36.2 Å². The summed E-state index contributed by atoms with van der Waals surface area (Å²) in [5.74, 6) is -1.76. The number of para-hydroxylation sites is 1. The molecule has 1 saturated heterocycles. The Morgan fingerprint density at radius 3 is 2.82 bits per heavy atom. The van der Waals surface area contributed by atoms with Gasteiger partial charge >= 0.3 is 43.1 Å². The molecule has 1 fully saturated rings. The van der Waals surface area contributed by atoms with Gasteiger partial charge in [-0.25, -0.2) is 9.48 Å². The Kier molecular flexibility index (Phi) is 10.4. The first-order chi connectivity index (χ1) is 17.6. The van der Waals surface area contributed by atoms with Gasteiger partial charge in [0.05, 0.1) is 13.0 Å². The van der Waals surface area contributed by atoms with Gasteiger partial charge in [-0.05, 0) is 34.6 Å². The molecule has 3 heterocycles. The van der Waals surface area contributed by atoms with E-state index < -0.39 is 43.1 Å². The maximum atomic E-state index is 12.9. The Hall–Kier alpha value is -1.91. The van der Waals surface area contributed by atoms with Crippen molar-refractivity contribution < 1.29 is 64.5 Å². The molecule has 14 nitrogen and oxygen atoms in total. The number of hydrogen-bond donors (Lipinski definition) is 4. The van der Waals surface area contributed by atoms with Gasteiger partial charge in [-0.15, -0.1) is 16.9 Å². The molecule has 0 spiro atoms. The van der Waals surface area contributed by atoms with Gasteiger partial charge in [0.15, 0.2) is 0 Å². The van der Waals surface area contributed by atoms with Gasteiger partial charge in [-0.2, -0.15) is 0 Å². The molecule has 200 valence electrons. The first kappa shape index (κ1) is 30.6. The second-order valence-electron chi connectivity index (χ2n) is 8.03. The third-order valence-corrected chi connectivity index (χ3v) is 9.16. The Morgan fingerprint density at radius 2 is 2.13 bits per heavy atom. The van der Waals surface area contributed by atoms with E-state index in [2.05, 4.69) is 20.8 Å². The van der Waals surface area contributed by atoms with Gasteiger partial charge in [-0.3, -0.25) is 19.1 Å². The summed E-state index contributed by atoms with van der Waals surface area (Å²) in [7, 11) is -3.95. The molecule has 2 amide bonds. The first-order valence-corrected chi connectivity index (χ1v) is 14.8. The quantitative estimate of drug-likeness (QED) is 0.0708. The van der Waals surface area contributed by atoms with Gasteiger partial charge in [0.2, 0.25) is 11.1 Å². The number of amides is 2. The molecule has 4 rings (SSSR count). The van der Waals surface area contributed by atoms with Crippen molar-refractivity contribution in [2.24, 2.45) is 0 Å². The summed E-state index contributed by atoms with van der Waals surface area (Å²) in [6.45, 7) is 1.62. The summed E-state index contributed by atoms with van der Waals surface area (Å²) >= 11 is 2.40. The van der Waals surface area contributed by atoms with E-state index in [0.29, 0.717) is 22.6 Å². The van der Waals surface area contributed by atoms with Gasteiger partial charge in [0, 0.05) is 17.2 Å². The van der Waals surface area contributed by atoms with Crippen LogP contribution in [-0.4, -0.2) is 82.4 Å². The molecule has 2 aliphatic rings. The summed E-state index contributed by atoms with van der Waals surface area (Å²) < 4.78 is 18.0. The van der Waals surface area contributed by atoms with E-state index in [1.165, 1.54) is 16.7 Å². The van der Waals surface area contributed by atoms with E-state index in [4.69, 9.17) is 10.3 Å².